The van der Waals surface area contributed by atoms with Gasteiger partial charge in [-0.1, -0.05) is 32.4 Å². The van der Waals surface area contributed by atoms with Gasteiger partial charge in [-0.15, -0.1) is 0 Å². The Bertz CT molecular complexity index is 590. The van der Waals surface area contributed by atoms with Crippen LogP contribution in [0, 0.1) is 5.92 Å². The van der Waals surface area contributed by atoms with Crippen LogP contribution in [0.25, 0.3) is 0 Å². The predicted molar refractivity (Wildman–Crippen MR) is 110 cm³/mol. The standard InChI is InChI=1S/C23H36N2O2/c1-3-20(4-2)23(26)25(21-11-12-21)18-19-9-8-10-22(17-19)27-16-15-24-13-6-5-7-14-24/h8-10,17,20-21H,3-7,11-16,18H2,1-2H3. The third-order valence-corrected chi connectivity index (χ3v) is 5.98. The number of hydrogen-bond acceptors (Lipinski definition) is 3. The fourth-order valence-electron chi connectivity index (χ4n) is 4.05. The highest BCUT2D eigenvalue weighted by atomic mass is 16.5. The Morgan fingerprint density at radius 3 is 2.59 bits per heavy atom. The van der Waals surface area contributed by atoms with Crippen molar-refractivity contribution in [1.29, 1.82) is 0 Å². The fraction of sp³-hybridized carbons (Fsp3) is 0.696. The second kappa shape index (κ2) is 10.1. The molecule has 150 valence electrons. The minimum atomic E-state index is 0.162. The van der Waals surface area contributed by atoms with Gasteiger partial charge in [-0.2, -0.15) is 0 Å². The molecule has 1 saturated heterocycles. The Balaban J connectivity index is 1.54. The first-order valence-electron chi connectivity index (χ1n) is 11.0. The molecule has 1 aromatic rings. The monoisotopic (exact) mass is 372 g/mol. The summed E-state index contributed by atoms with van der Waals surface area (Å²) in [5.41, 5.74) is 1.18. The molecule has 4 nitrogen and oxygen atoms in total. The van der Waals surface area contributed by atoms with E-state index in [4.69, 9.17) is 4.74 Å². The Hall–Kier alpha value is -1.55. The van der Waals surface area contributed by atoms with E-state index < -0.39 is 0 Å². The van der Waals surface area contributed by atoms with Gasteiger partial charge in [0.15, 0.2) is 0 Å². The lowest BCUT2D eigenvalue weighted by atomic mass is 10.0. The molecule has 1 aromatic carbocycles. The summed E-state index contributed by atoms with van der Waals surface area (Å²) in [6.45, 7) is 9.11. The molecule has 1 heterocycles. The van der Waals surface area contributed by atoms with Gasteiger partial charge in [-0.05, 0) is 69.3 Å². The molecule has 3 rings (SSSR count). The maximum atomic E-state index is 12.9. The zero-order chi connectivity index (χ0) is 19.1. The van der Waals surface area contributed by atoms with Gasteiger partial charge in [0.1, 0.15) is 12.4 Å². The van der Waals surface area contributed by atoms with Crippen LogP contribution in [0.1, 0.15) is 64.4 Å². The van der Waals surface area contributed by atoms with Gasteiger partial charge < -0.3 is 9.64 Å². The van der Waals surface area contributed by atoms with Crippen LogP contribution in [0.15, 0.2) is 24.3 Å². The topological polar surface area (TPSA) is 32.8 Å². The number of benzene rings is 1. The Morgan fingerprint density at radius 2 is 1.93 bits per heavy atom. The molecule has 0 atom stereocenters. The maximum absolute atomic E-state index is 12.9. The van der Waals surface area contributed by atoms with E-state index in [0.717, 1.165) is 44.6 Å². The highest BCUT2D eigenvalue weighted by molar-refractivity contribution is 5.79. The second-order valence-corrected chi connectivity index (χ2v) is 8.11. The van der Waals surface area contributed by atoms with E-state index in [9.17, 15) is 4.79 Å². The van der Waals surface area contributed by atoms with Gasteiger partial charge in [-0.25, -0.2) is 0 Å². The van der Waals surface area contributed by atoms with Crippen LogP contribution in [0.5, 0.6) is 5.75 Å². The van der Waals surface area contributed by atoms with Crippen molar-refractivity contribution in [3.8, 4) is 5.75 Å². The minimum Gasteiger partial charge on any atom is -0.492 e. The summed E-state index contributed by atoms with van der Waals surface area (Å²) >= 11 is 0. The lowest BCUT2D eigenvalue weighted by Crippen LogP contribution is -2.37. The molecular formula is C23H36N2O2. The third-order valence-electron chi connectivity index (χ3n) is 5.98. The number of amides is 1. The molecule has 0 spiro atoms. The van der Waals surface area contributed by atoms with E-state index in [0.29, 0.717) is 18.5 Å². The zero-order valence-corrected chi connectivity index (χ0v) is 17.2. The smallest absolute Gasteiger partial charge is 0.226 e. The number of likely N-dealkylation sites (tertiary alicyclic amines) is 1. The molecule has 0 bridgehead atoms. The third kappa shape index (κ3) is 5.97. The lowest BCUT2D eigenvalue weighted by molar-refractivity contribution is -0.137. The molecule has 0 unspecified atom stereocenters. The number of piperidine rings is 1. The highest BCUT2D eigenvalue weighted by Crippen LogP contribution is 2.31. The quantitative estimate of drug-likeness (QED) is 0.607. The molecule has 0 aromatic heterocycles. The Labute approximate surface area is 164 Å². The molecule has 2 fully saturated rings. The van der Waals surface area contributed by atoms with Crippen LogP contribution in [0.4, 0.5) is 0 Å². The van der Waals surface area contributed by atoms with Crippen molar-refractivity contribution in [2.75, 3.05) is 26.2 Å². The zero-order valence-electron chi connectivity index (χ0n) is 17.2. The van der Waals surface area contributed by atoms with Crippen molar-refractivity contribution in [3.05, 3.63) is 29.8 Å². The largest absolute Gasteiger partial charge is 0.492 e. The van der Waals surface area contributed by atoms with Gasteiger partial charge >= 0.3 is 0 Å². The number of carbonyl (C=O) groups is 1. The number of hydrogen-bond donors (Lipinski definition) is 0. The van der Waals surface area contributed by atoms with E-state index >= 15 is 0 Å². The molecule has 1 saturated carbocycles. The first-order chi connectivity index (χ1) is 13.2. The van der Waals surface area contributed by atoms with E-state index in [2.05, 4.69) is 41.8 Å². The highest BCUT2D eigenvalue weighted by Gasteiger charge is 2.34. The van der Waals surface area contributed by atoms with E-state index in [1.807, 2.05) is 6.07 Å². The summed E-state index contributed by atoms with van der Waals surface area (Å²) in [5.74, 6) is 1.42. The van der Waals surface area contributed by atoms with Gasteiger partial charge in [0.25, 0.3) is 0 Å². The van der Waals surface area contributed by atoms with E-state index in [-0.39, 0.29) is 5.92 Å². The second-order valence-electron chi connectivity index (χ2n) is 8.11. The number of carbonyl (C=O) groups excluding carboxylic acids is 1. The summed E-state index contributed by atoms with van der Waals surface area (Å²) < 4.78 is 6.01. The number of nitrogens with zero attached hydrogens (tertiary/aromatic N) is 2. The van der Waals surface area contributed by atoms with E-state index in [1.54, 1.807) is 0 Å². The molecule has 0 N–H and O–H groups in total. The van der Waals surface area contributed by atoms with Crippen molar-refractivity contribution in [3.63, 3.8) is 0 Å². The average Bonchev–Trinajstić information content (AvgIpc) is 3.53. The molecule has 4 heteroatoms. The Kier molecular flexibility index (Phi) is 7.57. The summed E-state index contributed by atoms with van der Waals surface area (Å²) in [7, 11) is 0. The van der Waals surface area contributed by atoms with Crippen molar-refractivity contribution in [2.24, 2.45) is 5.92 Å². The number of rotatable bonds is 10. The van der Waals surface area contributed by atoms with Gasteiger partial charge in [-0.3, -0.25) is 9.69 Å². The van der Waals surface area contributed by atoms with Crippen LogP contribution in [0.3, 0.4) is 0 Å². The molecule has 1 amide bonds. The van der Waals surface area contributed by atoms with Crippen LogP contribution in [0.2, 0.25) is 0 Å². The molecular weight excluding hydrogens is 336 g/mol. The summed E-state index contributed by atoms with van der Waals surface area (Å²) in [6, 6.07) is 8.77. The van der Waals surface area contributed by atoms with Gasteiger partial charge in [0.05, 0.1) is 0 Å². The lowest BCUT2D eigenvalue weighted by Gasteiger charge is -2.27. The van der Waals surface area contributed by atoms with Crippen LogP contribution < -0.4 is 4.74 Å². The first kappa shape index (κ1) is 20.2. The van der Waals surface area contributed by atoms with Gasteiger partial charge in [0, 0.05) is 25.0 Å². The molecule has 27 heavy (non-hydrogen) atoms. The molecule has 0 radical (unpaired) electrons. The Morgan fingerprint density at radius 1 is 1.19 bits per heavy atom. The van der Waals surface area contributed by atoms with Crippen LogP contribution >= 0.6 is 0 Å². The van der Waals surface area contributed by atoms with Crippen LogP contribution in [-0.2, 0) is 11.3 Å². The van der Waals surface area contributed by atoms with Crippen molar-refractivity contribution >= 4 is 5.91 Å². The average molecular weight is 373 g/mol. The van der Waals surface area contributed by atoms with Crippen molar-refractivity contribution in [1.82, 2.24) is 9.80 Å². The molecule has 1 aliphatic heterocycles. The molecule has 2 aliphatic rings. The van der Waals surface area contributed by atoms with Crippen LogP contribution in [-0.4, -0.2) is 48.0 Å². The normalized spacial score (nSPS) is 17.9. The van der Waals surface area contributed by atoms with Gasteiger partial charge in [0.2, 0.25) is 5.91 Å². The summed E-state index contributed by atoms with van der Waals surface area (Å²) in [5, 5.41) is 0. The summed E-state index contributed by atoms with van der Waals surface area (Å²) in [6.07, 6.45) is 8.16. The minimum absolute atomic E-state index is 0.162. The summed E-state index contributed by atoms with van der Waals surface area (Å²) in [4.78, 5) is 17.5. The predicted octanol–water partition coefficient (Wildman–Crippen LogP) is 4.48. The fourth-order valence-corrected chi connectivity index (χ4v) is 4.05. The molecule has 1 aliphatic carbocycles. The SMILES string of the molecule is CCC(CC)C(=O)N(Cc1cccc(OCCN2CCCCC2)c1)C1CC1. The maximum Gasteiger partial charge on any atom is 0.226 e. The number of ether oxygens (including phenoxy) is 1. The van der Waals surface area contributed by atoms with Crippen molar-refractivity contribution < 1.29 is 9.53 Å². The first-order valence-corrected chi connectivity index (χ1v) is 11.0. The van der Waals surface area contributed by atoms with E-state index in [1.165, 1.54) is 37.9 Å². The van der Waals surface area contributed by atoms with Crippen molar-refractivity contribution in [2.45, 2.75) is 71.4 Å².